The Hall–Kier alpha value is -3.64. The SMILES string of the molecule is Cc1cc(-c2ccccc2)cc(-c2ccc3ccc(-c4ccccc4)cc3c2)c1. The molecule has 0 aromatic heterocycles. The van der Waals surface area contributed by atoms with Crippen LogP contribution in [-0.2, 0) is 0 Å². The summed E-state index contributed by atoms with van der Waals surface area (Å²) in [5.74, 6) is 0. The summed E-state index contributed by atoms with van der Waals surface area (Å²) >= 11 is 0. The average molecular weight is 370 g/mol. The maximum atomic E-state index is 2.31. The Morgan fingerprint density at radius 2 is 0.828 bits per heavy atom. The van der Waals surface area contributed by atoms with Gasteiger partial charge in [0.1, 0.15) is 0 Å². The molecule has 0 saturated heterocycles. The van der Waals surface area contributed by atoms with Gasteiger partial charge in [-0.25, -0.2) is 0 Å². The van der Waals surface area contributed by atoms with E-state index in [0.717, 1.165) is 0 Å². The lowest BCUT2D eigenvalue weighted by atomic mass is 9.94. The zero-order chi connectivity index (χ0) is 19.6. The number of rotatable bonds is 3. The van der Waals surface area contributed by atoms with Crippen molar-refractivity contribution >= 4 is 10.8 Å². The maximum absolute atomic E-state index is 2.31. The highest BCUT2D eigenvalue weighted by molar-refractivity contribution is 5.91. The smallest absolute Gasteiger partial charge is 0.0172 e. The zero-order valence-electron chi connectivity index (χ0n) is 16.5. The van der Waals surface area contributed by atoms with Crippen LogP contribution in [0, 0.1) is 6.92 Å². The van der Waals surface area contributed by atoms with Crippen molar-refractivity contribution in [2.75, 3.05) is 0 Å². The molecule has 5 aromatic carbocycles. The Kier molecular flexibility index (Phi) is 4.46. The summed E-state index contributed by atoms with van der Waals surface area (Å²) < 4.78 is 0. The van der Waals surface area contributed by atoms with Crippen molar-refractivity contribution in [3.05, 3.63) is 121 Å². The molecule has 0 unspecified atom stereocenters. The fourth-order valence-corrected chi connectivity index (χ4v) is 3.98. The summed E-state index contributed by atoms with van der Waals surface area (Å²) in [4.78, 5) is 0. The maximum Gasteiger partial charge on any atom is -0.0172 e. The molecule has 0 atom stereocenters. The van der Waals surface area contributed by atoms with E-state index in [2.05, 4.69) is 122 Å². The van der Waals surface area contributed by atoms with Gasteiger partial charge in [-0.15, -0.1) is 0 Å². The van der Waals surface area contributed by atoms with Crippen LogP contribution in [-0.4, -0.2) is 0 Å². The van der Waals surface area contributed by atoms with E-state index in [4.69, 9.17) is 0 Å². The van der Waals surface area contributed by atoms with Crippen molar-refractivity contribution in [3.63, 3.8) is 0 Å². The van der Waals surface area contributed by atoms with E-state index in [1.165, 1.54) is 49.7 Å². The lowest BCUT2D eigenvalue weighted by molar-refractivity contribution is 1.46. The second-order valence-corrected chi connectivity index (χ2v) is 7.60. The van der Waals surface area contributed by atoms with Gasteiger partial charge in [0.15, 0.2) is 0 Å². The molecule has 29 heavy (non-hydrogen) atoms. The fraction of sp³-hybridized carbons (Fsp3) is 0.0345. The highest BCUT2D eigenvalue weighted by Crippen LogP contribution is 2.31. The molecule has 0 radical (unpaired) electrons. The first kappa shape index (κ1) is 17.5. The van der Waals surface area contributed by atoms with Gasteiger partial charge in [0, 0.05) is 0 Å². The molecule has 0 saturated carbocycles. The second-order valence-electron chi connectivity index (χ2n) is 7.60. The molecule has 0 N–H and O–H groups in total. The summed E-state index contributed by atoms with van der Waals surface area (Å²) in [5.41, 5.74) is 8.81. The van der Waals surface area contributed by atoms with Crippen LogP contribution in [0.5, 0.6) is 0 Å². The van der Waals surface area contributed by atoms with E-state index in [-0.39, 0.29) is 0 Å². The van der Waals surface area contributed by atoms with Crippen molar-refractivity contribution in [1.29, 1.82) is 0 Å². The van der Waals surface area contributed by atoms with E-state index in [1.807, 2.05) is 0 Å². The Labute approximate surface area is 172 Å². The van der Waals surface area contributed by atoms with Crippen LogP contribution >= 0.6 is 0 Å². The van der Waals surface area contributed by atoms with Crippen LogP contribution < -0.4 is 0 Å². The predicted octanol–water partition coefficient (Wildman–Crippen LogP) is 8.15. The normalized spacial score (nSPS) is 10.9. The zero-order valence-corrected chi connectivity index (χ0v) is 16.5. The molecule has 0 heteroatoms. The monoisotopic (exact) mass is 370 g/mol. The molecule has 0 bridgehead atoms. The highest BCUT2D eigenvalue weighted by Gasteiger charge is 2.06. The minimum atomic E-state index is 1.25. The summed E-state index contributed by atoms with van der Waals surface area (Å²) in [6.07, 6.45) is 0. The van der Waals surface area contributed by atoms with Gasteiger partial charge in [-0.3, -0.25) is 0 Å². The molecule has 0 heterocycles. The minimum absolute atomic E-state index is 1.25. The Morgan fingerprint density at radius 3 is 1.41 bits per heavy atom. The molecular weight excluding hydrogens is 348 g/mol. The molecule has 5 rings (SSSR count). The van der Waals surface area contributed by atoms with Crippen molar-refractivity contribution in [2.24, 2.45) is 0 Å². The van der Waals surface area contributed by atoms with Gasteiger partial charge >= 0.3 is 0 Å². The molecule has 138 valence electrons. The molecular formula is C29H22. The Bertz CT molecular complexity index is 1280. The number of fused-ring (bicyclic) bond motifs is 1. The quantitative estimate of drug-likeness (QED) is 0.300. The van der Waals surface area contributed by atoms with Crippen molar-refractivity contribution in [2.45, 2.75) is 6.92 Å². The van der Waals surface area contributed by atoms with Crippen molar-refractivity contribution in [1.82, 2.24) is 0 Å². The molecule has 0 fully saturated rings. The molecule has 0 aliphatic rings. The van der Waals surface area contributed by atoms with Gasteiger partial charge in [0.25, 0.3) is 0 Å². The van der Waals surface area contributed by atoms with E-state index in [0.29, 0.717) is 0 Å². The van der Waals surface area contributed by atoms with Gasteiger partial charge in [-0.2, -0.15) is 0 Å². The topological polar surface area (TPSA) is 0 Å². The first-order valence-corrected chi connectivity index (χ1v) is 10.0. The Morgan fingerprint density at radius 1 is 0.345 bits per heavy atom. The van der Waals surface area contributed by atoms with Gasteiger partial charge in [0.05, 0.1) is 0 Å². The number of hydrogen-bond donors (Lipinski definition) is 0. The molecule has 0 amide bonds. The third-order valence-corrected chi connectivity index (χ3v) is 5.47. The van der Waals surface area contributed by atoms with E-state index >= 15 is 0 Å². The molecule has 0 aliphatic heterocycles. The number of aryl methyl sites for hydroxylation is 1. The van der Waals surface area contributed by atoms with Crippen molar-refractivity contribution in [3.8, 4) is 33.4 Å². The first-order valence-electron chi connectivity index (χ1n) is 10.0. The fourth-order valence-electron chi connectivity index (χ4n) is 3.98. The molecule has 0 spiro atoms. The van der Waals surface area contributed by atoms with Crippen LogP contribution in [0.2, 0.25) is 0 Å². The summed E-state index contributed by atoms with van der Waals surface area (Å²) in [7, 11) is 0. The third kappa shape index (κ3) is 3.58. The number of benzene rings is 5. The standard InChI is InChI=1S/C29H22/c1-21-16-27(23-10-6-3-7-11-23)20-28(17-21)26-15-13-24-12-14-25(18-29(24)19-26)22-8-4-2-5-9-22/h2-20H,1H3. The van der Waals surface area contributed by atoms with Crippen LogP contribution in [0.4, 0.5) is 0 Å². The minimum Gasteiger partial charge on any atom is -0.0622 e. The van der Waals surface area contributed by atoms with Gasteiger partial charge < -0.3 is 0 Å². The largest absolute Gasteiger partial charge is 0.0622 e. The number of hydrogen-bond acceptors (Lipinski definition) is 0. The van der Waals surface area contributed by atoms with Crippen LogP contribution in [0.15, 0.2) is 115 Å². The lowest BCUT2D eigenvalue weighted by Crippen LogP contribution is -1.85. The average Bonchev–Trinajstić information content (AvgIpc) is 2.79. The van der Waals surface area contributed by atoms with E-state index < -0.39 is 0 Å². The highest BCUT2D eigenvalue weighted by atomic mass is 14.1. The third-order valence-electron chi connectivity index (χ3n) is 5.47. The first-order chi connectivity index (χ1) is 14.3. The summed E-state index contributed by atoms with van der Waals surface area (Å²) in [6.45, 7) is 2.17. The van der Waals surface area contributed by atoms with E-state index in [1.54, 1.807) is 0 Å². The molecule has 0 aliphatic carbocycles. The summed E-state index contributed by atoms with van der Waals surface area (Å²) in [5, 5.41) is 2.54. The predicted molar refractivity (Wildman–Crippen MR) is 125 cm³/mol. The van der Waals surface area contributed by atoms with Crippen LogP contribution in [0.25, 0.3) is 44.2 Å². The molecule has 5 aromatic rings. The second kappa shape index (κ2) is 7.41. The van der Waals surface area contributed by atoms with E-state index in [9.17, 15) is 0 Å². The van der Waals surface area contributed by atoms with Gasteiger partial charge in [0.2, 0.25) is 0 Å². The van der Waals surface area contributed by atoms with Crippen LogP contribution in [0.3, 0.4) is 0 Å². The van der Waals surface area contributed by atoms with Gasteiger partial charge in [-0.05, 0) is 74.8 Å². The van der Waals surface area contributed by atoms with Crippen LogP contribution in [0.1, 0.15) is 5.56 Å². The Balaban J connectivity index is 1.61. The molecule has 0 nitrogen and oxygen atoms in total. The van der Waals surface area contributed by atoms with Crippen molar-refractivity contribution < 1.29 is 0 Å². The van der Waals surface area contributed by atoms with Gasteiger partial charge in [-0.1, -0.05) is 97.1 Å². The lowest BCUT2D eigenvalue weighted by Gasteiger charge is -2.10. The summed E-state index contributed by atoms with van der Waals surface area (Å²) in [6, 6.07) is 41.5.